The van der Waals surface area contributed by atoms with Gasteiger partial charge in [0.05, 0.1) is 11.1 Å². The number of piperidine rings is 1. The minimum absolute atomic E-state index is 0.0404. The van der Waals surface area contributed by atoms with Crippen molar-refractivity contribution in [1.29, 1.82) is 0 Å². The van der Waals surface area contributed by atoms with Crippen molar-refractivity contribution < 1.29 is 23.1 Å². The van der Waals surface area contributed by atoms with Crippen LogP contribution in [0.15, 0.2) is 18.2 Å². The molecule has 0 spiro atoms. The molecule has 21 heavy (non-hydrogen) atoms. The maximum Gasteiger partial charge on any atom is 0.416 e. The molecule has 1 heterocycles. The van der Waals surface area contributed by atoms with E-state index < -0.39 is 17.7 Å². The molecule has 1 aliphatic rings. The second kappa shape index (κ2) is 5.93. The Morgan fingerprint density at radius 2 is 2.14 bits per heavy atom. The van der Waals surface area contributed by atoms with Gasteiger partial charge in [0.25, 0.3) is 0 Å². The van der Waals surface area contributed by atoms with Crippen molar-refractivity contribution in [2.24, 2.45) is 0 Å². The molecule has 1 aromatic rings. The van der Waals surface area contributed by atoms with Crippen molar-refractivity contribution in [3.05, 3.63) is 29.3 Å². The zero-order chi connectivity index (χ0) is 15.6. The number of alkyl halides is 3. The van der Waals surface area contributed by atoms with Gasteiger partial charge in [-0.1, -0.05) is 0 Å². The molecule has 0 saturated carbocycles. The molecular formula is C14H17F3N2O2. The molecule has 1 aliphatic heterocycles. The summed E-state index contributed by atoms with van der Waals surface area (Å²) in [6.45, 7) is 1.71. The summed E-state index contributed by atoms with van der Waals surface area (Å²) in [4.78, 5) is 13.3. The van der Waals surface area contributed by atoms with E-state index in [1.54, 1.807) is 0 Å². The Bertz CT molecular complexity index is 531. The largest absolute Gasteiger partial charge is 0.478 e. The van der Waals surface area contributed by atoms with Crippen LogP contribution in [0.25, 0.3) is 0 Å². The minimum atomic E-state index is -4.55. The molecule has 2 rings (SSSR count). The van der Waals surface area contributed by atoms with Crippen LogP contribution in [0.5, 0.6) is 0 Å². The molecule has 116 valence electrons. The molecule has 0 amide bonds. The van der Waals surface area contributed by atoms with Crippen LogP contribution in [-0.2, 0) is 6.18 Å². The van der Waals surface area contributed by atoms with Crippen LogP contribution >= 0.6 is 0 Å². The molecule has 1 aromatic carbocycles. The van der Waals surface area contributed by atoms with Crippen LogP contribution in [0.3, 0.4) is 0 Å². The van der Waals surface area contributed by atoms with Gasteiger partial charge in [-0.3, -0.25) is 0 Å². The first-order valence-corrected chi connectivity index (χ1v) is 6.67. The van der Waals surface area contributed by atoms with Crippen molar-refractivity contribution in [1.82, 2.24) is 4.90 Å². The van der Waals surface area contributed by atoms with Crippen LogP contribution in [0.4, 0.5) is 18.9 Å². The highest BCUT2D eigenvalue weighted by atomic mass is 19.4. The lowest BCUT2D eigenvalue weighted by atomic mass is 10.0. The average molecular weight is 302 g/mol. The molecule has 2 N–H and O–H groups in total. The number of hydrogen-bond donors (Lipinski definition) is 2. The number of likely N-dealkylation sites (N-methyl/N-ethyl adjacent to an activating group) is 1. The molecule has 0 aliphatic carbocycles. The highest BCUT2D eigenvalue weighted by molar-refractivity contribution is 5.94. The number of carboxylic acid groups (broad SMARTS) is 1. The number of hydrogen-bond acceptors (Lipinski definition) is 3. The third kappa shape index (κ3) is 3.87. The van der Waals surface area contributed by atoms with E-state index in [1.807, 2.05) is 7.05 Å². The van der Waals surface area contributed by atoms with E-state index in [0.29, 0.717) is 6.07 Å². The highest BCUT2D eigenvalue weighted by Gasteiger charge is 2.32. The number of aromatic carboxylic acids is 1. The number of carboxylic acids is 1. The number of rotatable bonds is 3. The van der Waals surface area contributed by atoms with Gasteiger partial charge < -0.3 is 15.3 Å². The van der Waals surface area contributed by atoms with E-state index in [0.717, 1.165) is 32.0 Å². The standard InChI is InChI=1S/C14H17F3N2O2/c1-19-6-2-3-10(8-19)18-12-5-4-9(14(15,16)17)7-11(12)13(20)21/h4-5,7,10,18H,2-3,6,8H2,1H3,(H,20,21). The molecule has 1 saturated heterocycles. The lowest BCUT2D eigenvalue weighted by Crippen LogP contribution is -2.40. The molecule has 0 radical (unpaired) electrons. The molecule has 1 fully saturated rings. The van der Waals surface area contributed by atoms with Gasteiger partial charge in [0.1, 0.15) is 0 Å². The number of anilines is 1. The Morgan fingerprint density at radius 1 is 1.43 bits per heavy atom. The SMILES string of the molecule is CN1CCCC(Nc2ccc(C(F)(F)F)cc2C(=O)O)C1. The quantitative estimate of drug-likeness (QED) is 0.901. The third-order valence-electron chi connectivity index (χ3n) is 3.56. The van der Waals surface area contributed by atoms with Crippen molar-refractivity contribution in [2.45, 2.75) is 25.1 Å². The van der Waals surface area contributed by atoms with Crippen molar-refractivity contribution in [3.63, 3.8) is 0 Å². The number of halogens is 3. The molecule has 4 nitrogen and oxygen atoms in total. The van der Waals surface area contributed by atoms with Gasteiger partial charge >= 0.3 is 12.1 Å². The lowest BCUT2D eigenvalue weighted by molar-refractivity contribution is -0.137. The summed E-state index contributed by atoms with van der Waals surface area (Å²) in [5.41, 5.74) is -1.07. The number of benzene rings is 1. The molecule has 7 heteroatoms. The Kier molecular flexibility index (Phi) is 4.41. The van der Waals surface area contributed by atoms with E-state index in [1.165, 1.54) is 6.07 Å². The fourth-order valence-corrected chi connectivity index (χ4v) is 2.53. The van der Waals surface area contributed by atoms with Gasteiger partial charge in [-0.05, 0) is 44.6 Å². The van der Waals surface area contributed by atoms with Crippen LogP contribution in [-0.4, -0.2) is 42.2 Å². The Hall–Kier alpha value is -1.76. The molecule has 0 bridgehead atoms. The number of likely N-dealkylation sites (tertiary alicyclic amines) is 1. The van der Waals surface area contributed by atoms with Gasteiger partial charge in [-0.25, -0.2) is 4.79 Å². The first-order valence-electron chi connectivity index (χ1n) is 6.67. The van der Waals surface area contributed by atoms with Crippen LogP contribution < -0.4 is 5.32 Å². The molecule has 0 aromatic heterocycles. The highest BCUT2D eigenvalue weighted by Crippen LogP contribution is 2.32. The topological polar surface area (TPSA) is 52.6 Å². The number of nitrogens with one attached hydrogen (secondary N) is 1. The maximum atomic E-state index is 12.7. The summed E-state index contributed by atoms with van der Waals surface area (Å²) in [5, 5.41) is 12.2. The summed E-state index contributed by atoms with van der Waals surface area (Å²) in [6, 6.07) is 2.82. The molecule has 1 unspecified atom stereocenters. The monoisotopic (exact) mass is 302 g/mol. The van der Waals surface area contributed by atoms with Gasteiger partial charge in [-0.2, -0.15) is 13.2 Å². The smallest absolute Gasteiger partial charge is 0.416 e. The normalized spacial score (nSPS) is 20.3. The Labute approximate surface area is 120 Å². The first kappa shape index (κ1) is 15.6. The van der Waals surface area contributed by atoms with Gasteiger partial charge in [0.15, 0.2) is 0 Å². The molecular weight excluding hydrogens is 285 g/mol. The zero-order valence-corrected chi connectivity index (χ0v) is 11.6. The number of nitrogens with zero attached hydrogens (tertiary/aromatic N) is 1. The predicted molar refractivity (Wildman–Crippen MR) is 72.5 cm³/mol. The summed E-state index contributed by atoms with van der Waals surface area (Å²) >= 11 is 0. The number of carbonyl (C=O) groups is 1. The molecule has 1 atom stereocenters. The summed E-state index contributed by atoms with van der Waals surface area (Å²) in [6.07, 6.45) is -2.71. The van der Waals surface area contributed by atoms with Crippen LogP contribution in [0, 0.1) is 0 Å². The fraction of sp³-hybridized carbons (Fsp3) is 0.500. The van der Waals surface area contributed by atoms with E-state index in [2.05, 4.69) is 10.2 Å². The Morgan fingerprint density at radius 3 is 2.71 bits per heavy atom. The average Bonchev–Trinajstić information content (AvgIpc) is 2.37. The van der Waals surface area contributed by atoms with Gasteiger partial charge in [0, 0.05) is 18.3 Å². The van der Waals surface area contributed by atoms with Crippen LogP contribution in [0.1, 0.15) is 28.8 Å². The van der Waals surface area contributed by atoms with Crippen molar-refractivity contribution in [2.75, 3.05) is 25.5 Å². The van der Waals surface area contributed by atoms with E-state index in [9.17, 15) is 18.0 Å². The van der Waals surface area contributed by atoms with Gasteiger partial charge in [0.2, 0.25) is 0 Å². The van der Waals surface area contributed by atoms with Crippen molar-refractivity contribution >= 4 is 11.7 Å². The van der Waals surface area contributed by atoms with E-state index in [-0.39, 0.29) is 17.3 Å². The summed E-state index contributed by atoms with van der Waals surface area (Å²) in [7, 11) is 1.96. The summed E-state index contributed by atoms with van der Waals surface area (Å²) < 4.78 is 38.0. The van der Waals surface area contributed by atoms with E-state index in [4.69, 9.17) is 5.11 Å². The predicted octanol–water partition coefficient (Wildman–Crippen LogP) is 2.91. The second-order valence-electron chi connectivity index (χ2n) is 5.31. The lowest BCUT2D eigenvalue weighted by Gasteiger charge is -2.31. The maximum absolute atomic E-state index is 12.7. The zero-order valence-electron chi connectivity index (χ0n) is 11.6. The van der Waals surface area contributed by atoms with Crippen molar-refractivity contribution in [3.8, 4) is 0 Å². The Balaban J connectivity index is 2.24. The van der Waals surface area contributed by atoms with E-state index >= 15 is 0 Å². The van der Waals surface area contributed by atoms with Crippen LogP contribution in [0.2, 0.25) is 0 Å². The third-order valence-corrected chi connectivity index (χ3v) is 3.56. The second-order valence-corrected chi connectivity index (χ2v) is 5.31. The summed E-state index contributed by atoms with van der Waals surface area (Å²) in [5.74, 6) is -1.37. The fourth-order valence-electron chi connectivity index (χ4n) is 2.53. The minimum Gasteiger partial charge on any atom is -0.478 e. The first-order chi connectivity index (χ1) is 9.77. The van der Waals surface area contributed by atoms with Gasteiger partial charge in [-0.15, -0.1) is 0 Å².